The van der Waals surface area contributed by atoms with Crippen molar-refractivity contribution in [2.24, 2.45) is 0 Å². The van der Waals surface area contributed by atoms with Gasteiger partial charge in [-0.2, -0.15) is 5.10 Å². The fourth-order valence-electron chi connectivity index (χ4n) is 2.43. The van der Waals surface area contributed by atoms with Crippen molar-refractivity contribution < 1.29 is 4.74 Å². The van der Waals surface area contributed by atoms with Gasteiger partial charge in [-0.3, -0.25) is 4.68 Å². The summed E-state index contributed by atoms with van der Waals surface area (Å²) in [5, 5.41) is 5.11. The monoisotopic (exact) mass is 327 g/mol. The van der Waals surface area contributed by atoms with Gasteiger partial charge < -0.3 is 4.74 Å². The summed E-state index contributed by atoms with van der Waals surface area (Å²) in [6.45, 7) is 5.16. The molecule has 0 spiro atoms. The van der Waals surface area contributed by atoms with Gasteiger partial charge in [-0.15, -0.1) is 0 Å². The van der Waals surface area contributed by atoms with E-state index in [2.05, 4.69) is 16.1 Å². The van der Waals surface area contributed by atoms with Gasteiger partial charge in [0.05, 0.1) is 18.8 Å². The molecule has 2 heterocycles. The zero-order chi connectivity index (χ0) is 16.2. The molecular weight excluding hydrogens is 310 g/mol. The Balaban J connectivity index is 1.99. The molecule has 0 aliphatic rings. The molecule has 4 nitrogen and oxygen atoms in total. The normalized spacial score (nSPS) is 10.7. The maximum Gasteiger partial charge on any atom is 0.221 e. The third-order valence-corrected chi connectivity index (χ3v) is 3.68. The zero-order valence-corrected chi connectivity index (χ0v) is 13.9. The molecule has 0 saturated carbocycles. The summed E-state index contributed by atoms with van der Waals surface area (Å²) in [6, 6.07) is 11.8. The minimum absolute atomic E-state index is 0.568. The Morgan fingerprint density at radius 3 is 2.78 bits per heavy atom. The van der Waals surface area contributed by atoms with Gasteiger partial charge in [-0.1, -0.05) is 23.7 Å². The molecule has 118 valence electrons. The van der Waals surface area contributed by atoms with Crippen molar-refractivity contribution in [3.05, 3.63) is 65.1 Å². The van der Waals surface area contributed by atoms with Crippen LogP contribution in [0.4, 0.5) is 0 Å². The third-order valence-electron chi connectivity index (χ3n) is 3.44. The molecule has 3 aromatic rings. The molecule has 0 fully saturated rings. The van der Waals surface area contributed by atoms with Gasteiger partial charge in [0.15, 0.2) is 0 Å². The number of benzene rings is 1. The van der Waals surface area contributed by atoms with Gasteiger partial charge in [-0.05, 0) is 49.2 Å². The first-order valence-electron chi connectivity index (χ1n) is 7.53. The van der Waals surface area contributed by atoms with Crippen LogP contribution < -0.4 is 4.74 Å². The minimum Gasteiger partial charge on any atom is -0.478 e. The molecule has 23 heavy (non-hydrogen) atoms. The zero-order valence-electron chi connectivity index (χ0n) is 13.2. The van der Waals surface area contributed by atoms with Crippen LogP contribution in [0.15, 0.2) is 48.8 Å². The quantitative estimate of drug-likeness (QED) is 0.699. The molecule has 0 bridgehead atoms. The summed E-state index contributed by atoms with van der Waals surface area (Å²) >= 11 is 6.12. The summed E-state index contributed by atoms with van der Waals surface area (Å²) < 4.78 is 7.56. The molecule has 0 aliphatic carbocycles. The van der Waals surface area contributed by atoms with E-state index in [1.54, 1.807) is 0 Å². The molecule has 5 heteroatoms. The Labute approximate surface area is 140 Å². The van der Waals surface area contributed by atoms with E-state index in [1.807, 2.05) is 61.3 Å². The van der Waals surface area contributed by atoms with E-state index in [1.165, 1.54) is 0 Å². The van der Waals surface area contributed by atoms with Gasteiger partial charge in [-0.25, -0.2) is 4.98 Å². The van der Waals surface area contributed by atoms with Crippen LogP contribution >= 0.6 is 11.6 Å². The summed E-state index contributed by atoms with van der Waals surface area (Å²) in [5.74, 6) is 0.621. The number of pyridine rings is 1. The molecule has 0 radical (unpaired) electrons. The number of nitrogens with zero attached hydrogens (tertiary/aromatic N) is 3. The lowest BCUT2D eigenvalue weighted by molar-refractivity contribution is 0.328. The van der Waals surface area contributed by atoms with Gasteiger partial charge in [0.25, 0.3) is 0 Å². The SMILES string of the molecule is CCOc1ncc(Cn2ccc(C)n2)cc1-c1cccc(Cl)c1. The molecule has 1 aromatic carbocycles. The molecule has 0 atom stereocenters. The van der Waals surface area contributed by atoms with E-state index in [0.717, 1.165) is 22.4 Å². The number of halogens is 1. The van der Waals surface area contributed by atoms with Crippen molar-refractivity contribution in [2.75, 3.05) is 6.61 Å². The van der Waals surface area contributed by atoms with Crippen LogP contribution in [0.1, 0.15) is 18.2 Å². The topological polar surface area (TPSA) is 39.9 Å². The second-order valence-corrected chi connectivity index (χ2v) is 5.73. The van der Waals surface area contributed by atoms with Crippen LogP contribution in [0.3, 0.4) is 0 Å². The predicted molar refractivity (Wildman–Crippen MR) is 91.9 cm³/mol. The number of ether oxygens (including phenoxy) is 1. The lowest BCUT2D eigenvalue weighted by Crippen LogP contribution is -2.03. The molecule has 0 unspecified atom stereocenters. The standard InChI is InChI=1S/C18H18ClN3O/c1-3-23-18-17(15-5-4-6-16(19)10-15)9-14(11-20-18)12-22-8-7-13(2)21-22/h4-11H,3,12H2,1-2H3. The van der Waals surface area contributed by atoms with Crippen molar-refractivity contribution in [1.29, 1.82) is 0 Å². The number of hydrogen-bond donors (Lipinski definition) is 0. The average Bonchev–Trinajstić information content (AvgIpc) is 2.94. The number of aromatic nitrogens is 3. The molecule has 0 aliphatic heterocycles. The smallest absolute Gasteiger partial charge is 0.221 e. The molecular formula is C18H18ClN3O. The molecule has 0 saturated heterocycles. The van der Waals surface area contributed by atoms with Crippen LogP contribution in [-0.2, 0) is 6.54 Å². The largest absolute Gasteiger partial charge is 0.478 e. The van der Waals surface area contributed by atoms with Crippen molar-refractivity contribution in [2.45, 2.75) is 20.4 Å². The highest BCUT2D eigenvalue weighted by molar-refractivity contribution is 6.30. The average molecular weight is 328 g/mol. The van der Waals surface area contributed by atoms with Crippen molar-refractivity contribution in [3.63, 3.8) is 0 Å². The van der Waals surface area contributed by atoms with Gasteiger partial charge >= 0.3 is 0 Å². The lowest BCUT2D eigenvalue weighted by Gasteiger charge is -2.12. The van der Waals surface area contributed by atoms with Crippen LogP contribution in [0, 0.1) is 6.92 Å². The Morgan fingerprint density at radius 2 is 2.09 bits per heavy atom. The Bertz CT molecular complexity index is 814. The van der Waals surface area contributed by atoms with E-state index < -0.39 is 0 Å². The van der Waals surface area contributed by atoms with Crippen molar-refractivity contribution in [1.82, 2.24) is 14.8 Å². The highest BCUT2D eigenvalue weighted by atomic mass is 35.5. The van der Waals surface area contributed by atoms with E-state index >= 15 is 0 Å². The van der Waals surface area contributed by atoms with E-state index in [4.69, 9.17) is 16.3 Å². The maximum absolute atomic E-state index is 6.12. The first-order valence-corrected chi connectivity index (χ1v) is 7.91. The fourth-order valence-corrected chi connectivity index (χ4v) is 2.63. The predicted octanol–water partition coefficient (Wildman–Crippen LogP) is 4.35. The minimum atomic E-state index is 0.568. The lowest BCUT2D eigenvalue weighted by atomic mass is 10.1. The number of aryl methyl sites for hydroxylation is 1. The molecule has 2 aromatic heterocycles. The molecule has 0 amide bonds. The third kappa shape index (κ3) is 3.71. The van der Waals surface area contributed by atoms with Gasteiger partial charge in [0.2, 0.25) is 5.88 Å². The summed E-state index contributed by atoms with van der Waals surface area (Å²) in [6.07, 6.45) is 3.79. The first kappa shape index (κ1) is 15.6. The molecule has 3 rings (SSSR count). The Kier molecular flexibility index (Phi) is 4.63. The highest BCUT2D eigenvalue weighted by Crippen LogP contribution is 2.30. The number of rotatable bonds is 5. The van der Waals surface area contributed by atoms with Gasteiger partial charge in [0, 0.05) is 23.0 Å². The maximum atomic E-state index is 6.12. The second kappa shape index (κ2) is 6.84. The van der Waals surface area contributed by atoms with Gasteiger partial charge in [0.1, 0.15) is 0 Å². The van der Waals surface area contributed by atoms with E-state index in [-0.39, 0.29) is 0 Å². The summed E-state index contributed by atoms with van der Waals surface area (Å²) in [5.41, 5.74) is 3.99. The summed E-state index contributed by atoms with van der Waals surface area (Å²) in [4.78, 5) is 4.47. The molecule has 0 N–H and O–H groups in total. The van der Waals surface area contributed by atoms with Crippen LogP contribution in [-0.4, -0.2) is 21.4 Å². The van der Waals surface area contributed by atoms with Crippen LogP contribution in [0.2, 0.25) is 5.02 Å². The van der Waals surface area contributed by atoms with E-state index in [9.17, 15) is 0 Å². The Hall–Kier alpha value is -2.33. The van der Waals surface area contributed by atoms with E-state index in [0.29, 0.717) is 24.1 Å². The van der Waals surface area contributed by atoms with Crippen molar-refractivity contribution in [3.8, 4) is 17.0 Å². The van der Waals surface area contributed by atoms with Crippen LogP contribution in [0.5, 0.6) is 5.88 Å². The number of hydrogen-bond acceptors (Lipinski definition) is 3. The first-order chi connectivity index (χ1) is 11.2. The Morgan fingerprint density at radius 1 is 1.22 bits per heavy atom. The summed E-state index contributed by atoms with van der Waals surface area (Å²) in [7, 11) is 0. The second-order valence-electron chi connectivity index (χ2n) is 5.29. The highest BCUT2D eigenvalue weighted by Gasteiger charge is 2.10. The fraction of sp³-hybridized carbons (Fsp3) is 0.222. The van der Waals surface area contributed by atoms with Crippen LogP contribution in [0.25, 0.3) is 11.1 Å². The van der Waals surface area contributed by atoms with Crippen molar-refractivity contribution >= 4 is 11.6 Å².